The Hall–Kier alpha value is -0.860. The molecule has 0 aromatic heterocycles. The summed E-state index contributed by atoms with van der Waals surface area (Å²) in [4.78, 5) is 2.51. The van der Waals surface area contributed by atoms with Crippen LogP contribution < -0.4 is 5.32 Å². The van der Waals surface area contributed by atoms with Gasteiger partial charge < -0.3 is 10.2 Å². The maximum absolute atomic E-state index is 3.70. The Labute approximate surface area is 125 Å². The largest absolute Gasteiger partial charge is 0.309 e. The van der Waals surface area contributed by atoms with Gasteiger partial charge in [0.05, 0.1) is 0 Å². The van der Waals surface area contributed by atoms with Crippen molar-refractivity contribution < 1.29 is 0 Å². The zero-order chi connectivity index (χ0) is 14.8. The highest BCUT2D eigenvalue weighted by molar-refractivity contribution is 5.25. The van der Waals surface area contributed by atoms with E-state index in [4.69, 9.17) is 0 Å². The summed E-state index contributed by atoms with van der Waals surface area (Å²) >= 11 is 0. The molecule has 2 heteroatoms. The van der Waals surface area contributed by atoms with Gasteiger partial charge in [-0.1, -0.05) is 52.0 Å². The molecule has 2 nitrogen and oxygen atoms in total. The summed E-state index contributed by atoms with van der Waals surface area (Å²) in [6.07, 6.45) is 3.50. The first kappa shape index (κ1) is 17.2. The van der Waals surface area contributed by atoms with Gasteiger partial charge in [0.1, 0.15) is 0 Å². The molecule has 0 aliphatic heterocycles. The molecule has 0 spiro atoms. The van der Waals surface area contributed by atoms with Crippen LogP contribution in [0.2, 0.25) is 0 Å². The van der Waals surface area contributed by atoms with Crippen LogP contribution in [0.3, 0.4) is 0 Å². The standard InChI is InChI=1S/C18H32N2/c1-5-14-20(8-4)15-13-19-18(7-3)17-11-9-16(6-2)10-12-17/h9-12,18-19H,5-8,13-15H2,1-4H3. The van der Waals surface area contributed by atoms with E-state index in [1.165, 1.54) is 24.1 Å². The van der Waals surface area contributed by atoms with E-state index in [1.807, 2.05) is 0 Å². The molecule has 1 unspecified atom stereocenters. The van der Waals surface area contributed by atoms with E-state index in [0.29, 0.717) is 6.04 Å². The molecule has 0 amide bonds. The summed E-state index contributed by atoms with van der Waals surface area (Å²) in [6, 6.07) is 9.57. The highest BCUT2D eigenvalue weighted by Gasteiger charge is 2.09. The lowest BCUT2D eigenvalue weighted by Crippen LogP contribution is -2.34. The van der Waals surface area contributed by atoms with E-state index in [0.717, 1.165) is 32.5 Å². The lowest BCUT2D eigenvalue weighted by molar-refractivity contribution is 0.282. The van der Waals surface area contributed by atoms with Gasteiger partial charge >= 0.3 is 0 Å². The summed E-state index contributed by atoms with van der Waals surface area (Å²) in [5, 5.41) is 3.70. The normalized spacial score (nSPS) is 12.8. The van der Waals surface area contributed by atoms with Crippen LogP contribution in [-0.4, -0.2) is 31.1 Å². The van der Waals surface area contributed by atoms with Crippen LogP contribution in [0.15, 0.2) is 24.3 Å². The van der Waals surface area contributed by atoms with Crippen LogP contribution >= 0.6 is 0 Å². The Balaban J connectivity index is 2.45. The van der Waals surface area contributed by atoms with Crippen molar-refractivity contribution >= 4 is 0 Å². The summed E-state index contributed by atoms with van der Waals surface area (Å²) < 4.78 is 0. The molecule has 0 saturated carbocycles. The van der Waals surface area contributed by atoms with Crippen molar-refractivity contribution in [1.29, 1.82) is 0 Å². The highest BCUT2D eigenvalue weighted by Crippen LogP contribution is 2.17. The number of hydrogen-bond acceptors (Lipinski definition) is 2. The van der Waals surface area contributed by atoms with Crippen LogP contribution in [0, 0.1) is 0 Å². The zero-order valence-corrected chi connectivity index (χ0v) is 13.8. The van der Waals surface area contributed by atoms with Crippen LogP contribution in [0.5, 0.6) is 0 Å². The number of nitrogens with zero attached hydrogens (tertiary/aromatic N) is 1. The van der Waals surface area contributed by atoms with E-state index in [2.05, 4.69) is 62.2 Å². The summed E-state index contributed by atoms with van der Waals surface area (Å²) in [5.74, 6) is 0. The molecule has 1 N–H and O–H groups in total. The number of aryl methyl sites for hydroxylation is 1. The Morgan fingerprint density at radius 1 is 1.00 bits per heavy atom. The number of rotatable bonds is 10. The van der Waals surface area contributed by atoms with E-state index < -0.39 is 0 Å². The third kappa shape index (κ3) is 5.64. The average Bonchev–Trinajstić information content (AvgIpc) is 2.50. The molecular weight excluding hydrogens is 244 g/mol. The van der Waals surface area contributed by atoms with Gasteiger partial charge in [-0.3, -0.25) is 0 Å². The second kappa shape index (κ2) is 9.95. The third-order valence-electron chi connectivity index (χ3n) is 4.00. The molecule has 0 fully saturated rings. The lowest BCUT2D eigenvalue weighted by atomic mass is 10.0. The van der Waals surface area contributed by atoms with Gasteiger partial charge in [-0.25, -0.2) is 0 Å². The lowest BCUT2D eigenvalue weighted by Gasteiger charge is -2.23. The minimum atomic E-state index is 0.487. The number of benzene rings is 1. The fourth-order valence-corrected chi connectivity index (χ4v) is 2.62. The van der Waals surface area contributed by atoms with Crippen molar-refractivity contribution in [2.24, 2.45) is 0 Å². The van der Waals surface area contributed by atoms with Crippen LogP contribution in [0.25, 0.3) is 0 Å². The molecule has 0 radical (unpaired) electrons. The Morgan fingerprint density at radius 2 is 1.70 bits per heavy atom. The first-order chi connectivity index (χ1) is 9.74. The molecule has 0 heterocycles. The molecule has 1 rings (SSSR count). The maximum atomic E-state index is 3.70. The fraction of sp³-hybridized carbons (Fsp3) is 0.667. The molecule has 0 aliphatic rings. The topological polar surface area (TPSA) is 15.3 Å². The van der Waals surface area contributed by atoms with Crippen molar-refractivity contribution in [2.45, 2.75) is 53.0 Å². The smallest absolute Gasteiger partial charge is 0.0318 e. The predicted octanol–water partition coefficient (Wildman–Crippen LogP) is 4.02. The molecule has 1 aromatic rings. The van der Waals surface area contributed by atoms with E-state index in [9.17, 15) is 0 Å². The van der Waals surface area contributed by atoms with Gasteiger partial charge in [0.2, 0.25) is 0 Å². The fourth-order valence-electron chi connectivity index (χ4n) is 2.62. The van der Waals surface area contributed by atoms with Gasteiger partial charge in [-0.2, -0.15) is 0 Å². The van der Waals surface area contributed by atoms with Gasteiger partial charge in [0.15, 0.2) is 0 Å². The number of nitrogens with one attached hydrogen (secondary N) is 1. The molecule has 1 aromatic carbocycles. The molecule has 0 aliphatic carbocycles. The molecule has 114 valence electrons. The van der Waals surface area contributed by atoms with E-state index in [-0.39, 0.29) is 0 Å². The Kier molecular flexibility index (Phi) is 8.56. The first-order valence-electron chi connectivity index (χ1n) is 8.29. The van der Waals surface area contributed by atoms with Gasteiger partial charge in [0.25, 0.3) is 0 Å². The summed E-state index contributed by atoms with van der Waals surface area (Å²) in [5.41, 5.74) is 2.84. The second-order valence-corrected chi connectivity index (χ2v) is 5.44. The zero-order valence-electron chi connectivity index (χ0n) is 13.8. The molecular formula is C18H32N2. The van der Waals surface area contributed by atoms with Crippen LogP contribution in [0.1, 0.15) is 57.7 Å². The van der Waals surface area contributed by atoms with Gasteiger partial charge in [-0.15, -0.1) is 0 Å². The Bertz CT molecular complexity index is 345. The average molecular weight is 276 g/mol. The Morgan fingerprint density at radius 3 is 2.20 bits per heavy atom. The van der Waals surface area contributed by atoms with Gasteiger partial charge in [-0.05, 0) is 43.5 Å². The van der Waals surface area contributed by atoms with Crippen molar-refractivity contribution in [3.63, 3.8) is 0 Å². The quantitative estimate of drug-likeness (QED) is 0.694. The summed E-state index contributed by atoms with van der Waals surface area (Å²) in [7, 11) is 0. The van der Waals surface area contributed by atoms with E-state index >= 15 is 0 Å². The van der Waals surface area contributed by atoms with Crippen molar-refractivity contribution in [2.75, 3.05) is 26.2 Å². The number of hydrogen-bond donors (Lipinski definition) is 1. The molecule has 1 atom stereocenters. The minimum Gasteiger partial charge on any atom is -0.309 e. The van der Waals surface area contributed by atoms with Gasteiger partial charge in [0, 0.05) is 19.1 Å². The van der Waals surface area contributed by atoms with Crippen LogP contribution in [-0.2, 0) is 6.42 Å². The van der Waals surface area contributed by atoms with Crippen molar-refractivity contribution in [3.8, 4) is 0 Å². The van der Waals surface area contributed by atoms with Crippen LogP contribution in [0.4, 0.5) is 0 Å². The minimum absolute atomic E-state index is 0.487. The maximum Gasteiger partial charge on any atom is 0.0318 e. The molecule has 0 bridgehead atoms. The van der Waals surface area contributed by atoms with E-state index in [1.54, 1.807) is 0 Å². The SMILES string of the molecule is CCCN(CC)CCNC(CC)c1ccc(CC)cc1. The first-order valence-corrected chi connectivity index (χ1v) is 8.29. The highest BCUT2D eigenvalue weighted by atomic mass is 15.1. The van der Waals surface area contributed by atoms with Crippen molar-refractivity contribution in [3.05, 3.63) is 35.4 Å². The second-order valence-electron chi connectivity index (χ2n) is 5.44. The summed E-state index contributed by atoms with van der Waals surface area (Å²) in [6.45, 7) is 13.5. The molecule has 20 heavy (non-hydrogen) atoms. The third-order valence-corrected chi connectivity index (χ3v) is 4.00. The van der Waals surface area contributed by atoms with Crippen molar-refractivity contribution in [1.82, 2.24) is 10.2 Å². The monoisotopic (exact) mass is 276 g/mol. The molecule has 0 saturated heterocycles. The number of likely N-dealkylation sites (N-methyl/N-ethyl adjacent to an activating group) is 1. The predicted molar refractivity (Wildman–Crippen MR) is 89.3 cm³/mol.